The average molecular weight is 339 g/mol. The molecule has 8 heteroatoms. The van der Waals surface area contributed by atoms with E-state index in [-0.39, 0.29) is 30.2 Å². The zero-order valence-corrected chi connectivity index (χ0v) is 14.9. The van der Waals surface area contributed by atoms with E-state index >= 15 is 0 Å². The van der Waals surface area contributed by atoms with Gasteiger partial charge in [-0.3, -0.25) is 14.5 Å². The molecule has 2 heterocycles. The van der Waals surface area contributed by atoms with Crippen molar-refractivity contribution >= 4 is 23.3 Å². The summed E-state index contributed by atoms with van der Waals surface area (Å²) < 4.78 is 3.95. The summed E-state index contributed by atoms with van der Waals surface area (Å²) in [6.07, 6.45) is 0.174. The predicted molar refractivity (Wildman–Crippen MR) is 89.1 cm³/mol. The van der Waals surface area contributed by atoms with Crippen LogP contribution in [0.25, 0.3) is 0 Å². The Bertz CT molecular complexity index is 558. The Balaban J connectivity index is 1.93. The smallest absolute Gasteiger partial charge is 0.237 e. The molecule has 1 aromatic rings. The number of rotatable bonds is 6. The van der Waals surface area contributed by atoms with Gasteiger partial charge in [-0.25, -0.2) is 0 Å². The summed E-state index contributed by atoms with van der Waals surface area (Å²) in [5.74, 6) is 0.0874. The van der Waals surface area contributed by atoms with Gasteiger partial charge in [-0.05, 0) is 31.3 Å². The molecule has 2 rings (SSSR count). The summed E-state index contributed by atoms with van der Waals surface area (Å²) in [4.78, 5) is 27.4. The van der Waals surface area contributed by atoms with E-state index < -0.39 is 6.04 Å². The lowest BCUT2D eigenvalue weighted by Gasteiger charge is -2.37. The Kier molecular flexibility index (Phi) is 6.06. The van der Waals surface area contributed by atoms with E-state index in [1.54, 1.807) is 0 Å². The Morgan fingerprint density at radius 2 is 2.17 bits per heavy atom. The molecule has 23 heavy (non-hydrogen) atoms. The van der Waals surface area contributed by atoms with Crippen molar-refractivity contribution in [3.8, 4) is 0 Å². The average Bonchev–Trinajstić information content (AvgIpc) is 2.95. The van der Waals surface area contributed by atoms with Crippen LogP contribution in [-0.2, 0) is 16.1 Å². The van der Waals surface area contributed by atoms with Gasteiger partial charge in [0.2, 0.25) is 11.8 Å². The molecule has 7 nitrogen and oxygen atoms in total. The highest BCUT2D eigenvalue weighted by Crippen LogP contribution is 2.19. The molecule has 1 saturated heterocycles. The zero-order chi connectivity index (χ0) is 17.0. The van der Waals surface area contributed by atoms with Crippen molar-refractivity contribution in [1.82, 2.24) is 25.1 Å². The number of hydrogen-bond donors (Lipinski definition) is 2. The molecule has 0 radical (unpaired) electrons. The molecule has 2 N–H and O–H groups in total. The molecule has 1 fully saturated rings. The second-order valence-corrected chi connectivity index (χ2v) is 7.19. The molecule has 0 unspecified atom stereocenters. The molecule has 0 bridgehead atoms. The molecular weight excluding hydrogens is 314 g/mol. The highest BCUT2D eigenvalue weighted by Gasteiger charge is 2.32. The fourth-order valence-electron chi connectivity index (χ4n) is 2.76. The van der Waals surface area contributed by atoms with Gasteiger partial charge in [0.05, 0.1) is 29.6 Å². The number of nitrogens with one attached hydrogen (secondary N) is 2. The minimum Gasteiger partial charge on any atom is -0.353 e. The standard InChI is InChI=1S/C15H25N5O2S/c1-9(2)14-12(23-19-18-14)8-17-13(21)7-11-15(22)16-5-6-20(11)10(3)4/h9-11H,5-8H2,1-4H3,(H,16,22)(H,17,21)/t11-/m0/s1. The first-order valence-corrected chi connectivity index (χ1v) is 8.78. The summed E-state index contributed by atoms with van der Waals surface area (Å²) >= 11 is 1.31. The highest BCUT2D eigenvalue weighted by molar-refractivity contribution is 7.05. The summed E-state index contributed by atoms with van der Waals surface area (Å²) in [5.41, 5.74) is 0.925. The van der Waals surface area contributed by atoms with Gasteiger partial charge in [0.25, 0.3) is 0 Å². The van der Waals surface area contributed by atoms with Crippen LogP contribution in [0.4, 0.5) is 0 Å². The van der Waals surface area contributed by atoms with Crippen LogP contribution in [0.3, 0.4) is 0 Å². The molecule has 1 aromatic heterocycles. The Labute approximate surface area is 141 Å². The van der Waals surface area contributed by atoms with Crippen LogP contribution in [0.1, 0.15) is 50.6 Å². The highest BCUT2D eigenvalue weighted by atomic mass is 32.1. The van der Waals surface area contributed by atoms with E-state index in [1.807, 2.05) is 13.8 Å². The van der Waals surface area contributed by atoms with E-state index in [0.717, 1.165) is 17.1 Å². The normalized spacial score (nSPS) is 19.2. The van der Waals surface area contributed by atoms with E-state index in [4.69, 9.17) is 0 Å². The molecule has 0 aliphatic carbocycles. The van der Waals surface area contributed by atoms with Crippen LogP contribution in [0.5, 0.6) is 0 Å². The Morgan fingerprint density at radius 3 is 2.83 bits per heavy atom. The summed E-state index contributed by atoms with van der Waals surface area (Å²) in [6, 6.07) is -0.162. The molecule has 128 valence electrons. The molecule has 0 spiro atoms. The fourth-order valence-corrected chi connectivity index (χ4v) is 3.50. The van der Waals surface area contributed by atoms with Crippen molar-refractivity contribution in [2.24, 2.45) is 0 Å². The van der Waals surface area contributed by atoms with Gasteiger partial charge >= 0.3 is 0 Å². The van der Waals surface area contributed by atoms with Gasteiger partial charge in [-0.15, -0.1) is 5.10 Å². The third-order valence-electron chi connectivity index (χ3n) is 3.99. The van der Waals surface area contributed by atoms with Crippen molar-refractivity contribution in [2.45, 2.75) is 58.7 Å². The Hall–Kier alpha value is -1.54. The number of aromatic nitrogens is 2. The SMILES string of the molecule is CC(C)c1nnsc1CNC(=O)C[C@H]1C(=O)NCCN1C(C)C. The van der Waals surface area contributed by atoms with E-state index in [0.29, 0.717) is 13.1 Å². The first kappa shape index (κ1) is 17.8. The summed E-state index contributed by atoms with van der Waals surface area (Å²) in [5, 5.41) is 9.83. The number of nitrogens with zero attached hydrogens (tertiary/aromatic N) is 3. The first-order chi connectivity index (χ1) is 10.9. The van der Waals surface area contributed by atoms with Crippen molar-refractivity contribution in [1.29, 1.82) is 0 Å². The van der Waals surface area contributed by atoms with E-state index in [9.17, 15) is 9.59 Å². The lowest BCUT2D eigenvalue weighted by atomic mass is 10.1. The van der Waals surface area contributed by atoms with Gasteiger partial charge in [0, 0.05) is 19.1 Å². The van der Waals surface area contributed by atoms with Gasteiger partial charge < -0.3 is 10.6 Å². The fraction of sp³-hybridized carbons (Fsp3) is 0.733. The third-order valence-corrected chi connectivity index (χ3v) is 4.73. The van der Waals surface area contributed by atoms with E-state index in [2.05, 4.69) is 39.0 Å². The molecule has 1 aliphatic heterocycles. The summed E-state index contributed by atoms with van der Waals surface area (Å²) in [6.45, 7) is 10.0. The number of carbonyl (C=O) groups excluding carboxylic acids is 2. The van der Waals surface area contributed by atoms with Crippen molar-refractivity contribution in [3.63, 3.8) is 0 Å². The number of carbonyl (C=O) groups is 2. The summed E-state index contributed by atoms with van der Waals surface area (Å²) in [7, 11) is 0. The maximum atomic E-state index is 12.2. The quantitative estimate of drug-likeness (QED) is 0.803. The van der Waals surface area contributed by atoms with Crippen molar-refractivity contribution in [2.75, 3.05) is 13.1 Å². The molecule has 2 amide bonds. The maximum absolute atomic E-state index is 12.2. The first-order valence-electron chi connectivity index (χ1n) is 8.01. The molecule has 1 aliphatic rings. The van der Waals surface area contributed by atoms with Crippen LogP contribution in [-0.4, -0.2) is 51.5 Å². The molecule has 1 atom stereocenters. The van der Waals surface area contributed by atoms with Crippen molar-refractivity contribution in [3.05, 3.63) is 10.6 Å². The van der Waals surface area contributed by atoms with Gasteiger partial charge in [0.15, 0.2) is 0 Å². The van der Waals surface area contributed by atoms with Crippen LogP contribution in [0.2, 0.25) is 0 Å². The van der Waals surface area contributed by atoms with Crippen LogP contribution in [0.15, 0.2) is 0 Å². The van der Waals surface area contributed by atoms with Crippen LogP contribution >= 0.6 is 11.5 Å². The number of amides is 2. The van der Waals surface area contributed by atoms with Gasteiger partial charge in [0.1, 0.15) is 0 Å². The maximum Gasteiger partial charge on any atom is 0.237 e. The monoisotopic (exact) mass is 339 g/mol. The van der Waals surface area contributed by atoms with Crippen LogP contribution < -0.4 is 10.6 Å². The molecule has 0 saturated carbocycles. The van der Waals surface area contributed by atoms with E-state index in [1.165, 1.54) is 11.5 Å². The minimum absolute atomic E-state index is 0.0672. The van der Waals surface area contributed by atoms with Gasteiger partial charge in [-0.2, -0.15) is 0 Å². The number of hydrogen-bond acceptors (Lipinski definition) is 6. The van der Waals surface area contributed by atoms with Crippen molar-refractivity contribution < 1.29 is 9.59 Å². The predicted octanol–water partition coefficient (Wildman–Crippen LogP) is 0.877. The Morgan fingerprint density at radius 1 is 1.43 bits per heavy atom. The minimum atomic E-state index is -0.395. The molecule has 0 aromatic carbocycles. The number of piperazine rings is 1. The zero-order valence-electron chi connectivity index (χ0n) is 14.1. The second-order valence-electron chi connectivity index (χ2n) is 6.36. The third kappa shape index (κ3) is 4.48. The topological polar surface area (TPSA) is 87.2 Å². The largest absolute Gasteiger partial charge is 0.353 e. The lowest BCUT2D eigenvalue weighted by Crippen LogP contribution is -2.58. The molecular formula is C15H25N5O2S. The lowest BCUT2D eigenvalue weighted by molar-refractivity contribution is -0.134. The van der Waals surface area contributed by atoms with Crippen LogP contribution in [0, 0.1) is 0 Å². The second kappa shape index (κ2) is 7.83. The van der Waals surface area contributed by atoms with Gasteiger partial charge in [-0.1, -0.05) is 18.3 Å².